The zero-order valence-electron chi connectivity index (χ0n) is 20.3. The molecule has 0 saturated heterocycles. The number of carbonyl (C=O) groups excluding carboxylic acids is 1. The number of hydrogen-bond acceptors (Lipinski definition) is 6. The molecule has 4 heterocycles. The van der Waals surface area contributed by atoms with Gasteiger partial charge in [0.1, 0.15) is 12.4 Å². The van der Waals surface area contributed by atoms with Gasteiger partial charge in [0.2, 0.25) is 0 Å². The molecule has 1 aliphatic carbocycles. The molecule has 0 spiro atoms. The summed E-state index contributed by atoms with van der Waals surface area (Å²) in [6.45, 7) is 7.57. The van der Waals surface area contributed by atoms with Crippen LogP contribution in [0.3, 0.4) is 0 Å². The van der Waals surface area contributed by atoms with Crippen molar-refractivity contribution in [2.45, 2.75) is 77.9 Å². The third kappa shape index (κ3) is 2.87. The van der Waals surface area contributed by atoms with Crippen LogP contribution >= 0.6 is 0 Å². The molecule has 6 rings (SSSR count). The highest BCUT2D eigenvalue weighted by Gasteiger charge is 2.49. The van der Waals surface area contributed by atoms with Crippen molar-refractivity contribution in [2.75, 3.05) is 0 Å². The molecule has 0 radical (unpaired) electrons. The first-order valence-electron chi connectivity index (χ1n) is 12.2. The van der Waals surface area contributed by atoms with Crippen LogP contribution in [0.1, 0.15) is 73.0 Å². The second-order valence-electron chi connectivity index (χ2n) is 10.1. The fraction of sp³-hybridized carbons (Fsp3) is 0.444. The standard InChI is InChI=1S/C27H28FN3O4/c1-5-27(35-12(2)3)17-8-21-24-15(10-31(21)25(32)16(17)11-34-26(27)33)22-19(29)7-6-14-13(4)18(28)9-20(30-24)23(14)22/h8-9,12,19H,5-7,10-11,29H2,1-4H3/t19-,27+/m0/s1. The number of rotatable bonds is 3. The summed E-state index contributed by atoms with van der Waals surface area (Å²) < 4.78 is 28.1. The highest BCUT2D eigenvalue weighted by molar-refractivity contribution is 5.93. The Hall–Kier alpha value is -3.10. The Morgan fingerprint density at radius 1 is 1.29 bits per heavy atom. The van der Waals surface area contributed by atoms with Gasteiger partial charge in [0.15, 0.2) is 5.60 Å². The summed E-state index contributed by atoms with van der Waals surface area (Å²) >= 11 is 0. The number of aryl methyl sites for hydroxylation is 1. The van der Waals surface area contributed by atoms with Crippen molar-refractivity contribution in [2.24, 2.45) is 5.73 Å². The molecule has 7 nitrogen and oxygen atoms in total. The van der Waals surface area contributed by atoms with Crippen LogP contribution in [0.5, 0.6) is 0 Å². The first-order chi connectivity index (χ1) is 16.7. The minimum atomic E-state index is -1.36. The van der Waals surface area contributed by atoms with Gasteiger partial charge in [-0.25, -0.2) is 14.2 Å². The van der Waals surface area contributed by atoms with E-state index in [9.17, 15) is 14.0 Å². The highest BCUT2D eigenvalue weighted by atomic mass is 19.1. The van der Waals surface area contributed by atoms with Crippen molar-refractivity contribution in [1.29, 1.82) is 0 Å². The van der Waals surface area contributed by atoms with Crippen molar-refractivity contribution in [3.8, 4) is 11.4 Å². The molecule has 2 N–H and O–H groups in total. The lowest BCUT2D eigenvalue weighted by atomic mass is 9.82. The molecule has 0 amide bonds. The molecule has 0 fully saturated rings. The fourth-order valence-electron chi connectivity index (χ4n) is 6.18. The summed E-state index contributed by atoms with van der Waals surface area (Å²) in [5, 5.41) is 0.913. The van der Waals surface area contributed by atoms with Crippen LogP contribution in [0.25, 0.3) is 22.3 Å². The fourth-order valence-corrected chi connectivity index (χ4v) is 6.18. The number of esters is 1. The topological polar surface area (TPSA) is 96.4 Å². The predicted octanol–water partition coefficient (Wildman–Crippen LogP) is 3.91. The molecule has 0 unspecified atom stereocenters. The summed E-state index contributed by atoms with van der Waals surface area (Å²) in [4.78, 5) is 31.6. The van der Waals surface area contributed by atoms with E-state index in [2.05, 4.69) is 0 Å². The minimum Gasteiger partial charge on any atom is -0.458 e. The molecule has 2 aromatic heterocycles. The maximum absolute atomic E-state index is 14.8. The Bertz CT molecular complexity index is 1510. The van der Waals surface area contributed by atoms with Crippen molar-refractivity contribution >= 4 is 16.9 Å². The largest absolute Gasteiger partial charge is 0.458 e. The van der Waals surface area contributed by atoms with Crippen LogP contribution in [0.15, 0.2) is 16.9 Å². The molecule has 182 valence electrons. The normalized spacial score (nSPS) is 22.3. The highest BCUT2D eigenvalue weighted by Crippen LogP contribution is 2.46. The first-order valence-corrected chi connectivity index (χ1v) is 12.2. The summed E-state index contributed by atoms with van der Waals surface area (Å²) in [6, 6.07) is 3.08. The zero-order chi connectivity index (χ0) is 24.8. The molecule has 3 aliphatic rings. The quantitative estimate of drug-likeness (QED) is 0.450. The molecule has 0 bridgehead atoms. The van der Waals surface area contributed by atoms with Gasteiger partial charge in [0.25, 0.3) is 5.56 Å². The summed E-state index contributed by atoms with van der Waals surface area (Å²) in [6.07, 6.45) is 1.46. The lowest BCUT2D eigenvalue weighted by molar-refractivity contribution is -0.187. The van der Waals surface area contributed by atoms with Crippen molar-refractivity contribution < 1.29 is 18.7 Å². The number of pyridine rings is 2. The van der Waals surface area contributed by atoms with Gasteiger partial charge in [-0.2, -0.15) is 0 Å². The van der Waals surface area contributed by atoms with Crippen LogP contribution in [-0.4, -0.2) is 21.6 Å². The van der Waals surface area contributed by atoms with Crippen LogP contribution in [-0.2, 0) is 39.4 Å². The number of halogens is 1. The number of ether oxygens (including phenoxy) is 2. The maximum atomic E-state index is 14.8. The number of nitrogens with zero attached hydrogens (tertiary/aromatic N) is 2. The van der Waals surface area contributed by atoms with Gasteiger partial charge in [-0.3, -0.25) is 4.79 Å². The average molecular weight is 478 g/mol. The zero-order valence-corrected chi connectivity index (χ0v) is 20.3. The van der Waals surface area contributed by atoms with Crippen molar-refractivity contribution in [3.63, 3.8) is 0 Å². The number of hydrogen-bond donors (Lipinski definition) is 1. The number of benzene rings is 1. The van der Waals surface area contributed by atoms with E-state index in [1.54, 1.807) is 11.5 Å². The maximum Gasteiger partial charge on any atom is 0.343 e. The van der Waals surface area contributed by atoms with Gasteiger partial charge < -0.3 is 19.8 Å². The van der Waals surface area contributed by atoms with E-state index >= 15 is 0 Å². The third-order valence-corrected chi connectivity index (χ3v) is 7.83. The van der Waals surface area contributed by atoms with E-state index in [1.165, 1.54) is 6.07 Å². The van der Waals surface area contributed by atoms with Crippen LogP contribution in [0, 0.1) is 12.7 Å². The van der Waals surface area contributed by atoms with E-state index in [0.717, 1.165) is 22.1 Å². The number of cyclic esters (lactones) is 1. The minimum absolute atomic E-state index is 0.0941. The molecule has 1 aromatic carbocycles. The molecular weight excluding hydrogens is 449 g/mol. The Morgan fingerprint density at radius 2 is 2.06 bits per heavy atom. The smallest absolute Gasteiger partial charge is 0.343 e. The number of aromatic nitrogens is 2. The number of nitrogens with two attached hydrogens (primary N) is 1. The number of fused-ring (bicyclic) bond motifs is 5. The summed E-state index contributed by atoms with van der Waals surface area (Å²) in [5.74, 6) is -0.783. The van der Waals surface area contributed by atoms with E-state index in [-0.39, 0.29) is 30.1 Å². The van der Waals surface area contributed by atoms with Gasteiger partial charge in [-0.1, -0.05) is 6.92 Å². The second kappa shape index (κ2) is 7.45. The number of carbonyl (C=O) groups is 1. The van der Waals surface area contributed by atoms with Crippen LogP contribution < -0.4 is 11.3 Å². The third-order valence-electron chi connectivity index (χ3n) is 7.83. The van der Waals surface area contributed by atoms with Gasteiger partial charge in [-0.05, 0) is 62.8 Å². The second-order valence-corrected chi connectivity index (χ2v) is 10.1. The van der Waals surface area contributed by atoms with Crippen LogP contribution in [0.4, 0.5) is 4.39 Å². The molecule has 35 heavy (non-hydrogen) atoms. The Morgan fingerprint density at radius 3 is 2.77 bits per heavy atom. The molecule has 8 heteroatoms. The monoisotopic (exact) mass is 477 g/mol. The molecule has 2 atom stereocenters. The summed E-state index contributed by atoms with van der Waals surface area (Å²) in [5.41, 5.74) is 11.2. The van der Waals surface area contributed by atoms with Crippen molar-refractivity contribution in [3.05, 3.63) is 61.7 Å². The van der Waals surface area contributed by atoms with Crippen LogP contribution in [0.2, 0.25) is 0 Å². The lowest BCUT2D eigenvalue weighted by Gasteiger charge is -2.37. The first kappa shape index (κ1) is 22.4. The molecule has 0 saturated carbocycles. The lowest BCUT2D eigenvalue weighted by Crippen LogP contribution is -2.47. The molecular formula is C27H28FN3O4. The summed E-state index contributed by atoms with van der Waals surface area (Å²) in [7, 11) is 0. The van der Waals surface area contributed by atoms with E-state index < -0.39 is 11.6 Å². The van der Waals surface area contributed by atoms with E-state index in [0.29, 0.717) is 59.4 Å². The van der Waals surface area contributed by atoms with Gasteiger partial charge >= 0.3 is 5.97 Å². The molecule has 2 aliphatic heterocycles. The van der Waals surface area contributed by atoms with E-state index in [1.807, 2.05) is 26.8 Å². The van der Waals surface area contributed by atoms with Gasteiger partial charge in [-0.15, -0.1) is 0 Å². The predicted molar refractivity (Wildman–Crippen MR) is 128 cm³/mol. The Kier molecular flexibility index (Phi) is 4.76. The Labute approximate surface area is 202 Å². The SMILES string of the molecule is CC[C@]1(OC(C)C)C(=O)OCc2c1cc1n(c2=O)Cc2c-1nc1cc(F)c(C)c3c1c2[C@@H](N)CC3. The average Bonchev–Trinajstić information content (AvgIpc) is 3.18. The van der Waals surface area contributed by atoms with Gasteiger partial charge in [0.05, 0.1) is 35.1 Å². The van der Waals surface area contributed by atoms with Crippen molar-refractivity contribution in [1.82, 2.24) is 9.55 Å². The Balaban J connectivity index is 1.67. The molecule has 3 aromatic rings. The van der Waals surface area contributed by atoms with E-state index in [4.69, 9.17) is 20.2 Å². The van der Waals surface area contributed by atoms with Gasteiger partial charge in [0, 0.05) is 28.6 Å².